The minimum absolute atomic E-state index is 0.0117. The fourth-order valence-corrected chi connectivity index (χ4v) is 5.54. The van der Waals surface area contributed by atoms with E-state index in [1.807, 2.05) is 0 Å². The van der Waals surface area contributed by atoms with Crippen LogP contribution in [0.15, 0.2) is 18.2 Å². The third-order valence-corrected chi connectivity index (χ3v) is 7.27. The molecule has 3 aliphatic rings. The SMILES string of the molecule is CC(C)CCNC(=O)[C@H]1Cc2cc(C(F)(F)F)ccc2N2CCN(C3CCCC3)C[C@H]12. The molecular formula is C24H34F3N3O. The number of carbonyl (C=O) groups is 1. The molecule has 1 N–H and O–H groups in total. The second-order valence-electron chi connectivity index (χ2n) is 9.82. The van der Waals surface area contributed by atoms with E-state index in [4.69, 9.17) is 0 Å². The molecule has 172 valence electrons. The van der Waals surface area contributed by atoms with E-state index in [1.165, 1.54) is 37.8 Å². The number of nitrogens with zero attached hydrogens (tertiary/aromatic N) is 2. The van der Waals surface area contributed by atoms with Gasteiger partial charge in [-0.05, 0) is 55.4 Å². The normalized spacial score (nSPS) is 24.9. The molecule has 1 saturated carbocycles. The lowest BCUT2D eigenvalue weighted by Crippen LogP contribution is -2.62. The van der Waals surface area contributed by atoms with Crippen molar-refractivity contribution in [3.63, 3.8) is 0 Å². The third-order valence-electron chi connectivity index (χ3n) is 7.27. The molecule has 4 nitrogen and oxygen atoms in total. The standard InChI is InChI=1S/C24H34F3N3O/c1-16(2)9-10-28-23(31)20-14-17-13-18(24(25,26)27)7-8-21(17)30-12-11-29(15-22(20)30)19-5-3-4-6-19/h7-8,13,16,19-20,22H,3-6,9-12,14-15H2,1-2H3,(H,28,31)/t20-,22+/m0/s1. The molecule has 4 rings (SSSR count). The summed E-state index contributed by atoms with van der Waals surface area (Å²) < 4.78 is 39.9. The Labute approximate surface area is 183 Å². The number of hydrogen-bond donors (Lipinski definition) is 1. The molecule has 1 saturated heterocycles. The van der Waals surface area contributed by atoms with Crippen LogP contribution < -0.4 is 10.2 Å². The number of nitrogens with one attached hydrogen (secondary N) is 1. The van der Waals surface area contributed by atoms with Crippen molar-refractivity contribution in [2.45, 2.75) is 70.6 Å². The Balaban J connectivity index is 1.59. The predicted octanol–water partition coefficient (Wildman–Crippen LogP) is 4.47. The van der Waals surface area contributed by atoms with Gasteiger partial charge in [0.05, 0.1) is 17.5 Å². The molecular weight excluding hydrogens is 403 g/mol. The lowest BCUT2D eigenvalue weighted by molar-refractivity contribution is -0.137. The van der Waals surface area contributed by atoms with Crippen LogP contribution in [0.1, 0.15) is 57.1 Å². The quantitative estimate of drug-likeness (QED) is 0.738. The predicted molar refractivity (Wildman–Crippen MR) is 116 cm³/mol. The van der Waals surface area contributed by atoms with Crippen molar-refractivity contribution in [3.05, 3.63) is 29.3 Å². The van der Waals surface area contributed by atoms with Crippen molar-refractivity contribution >= 4 is 11.6 Å². The summed E-state index contributed by atoms with van der Waals surface area (Å²) in [5.74, 6) is 0.144. The summed E-state index contributed by atoms with van der Waals surface area (Å²) in [6, 6.07) is 4.65. The number of carbonyl (C=O) groups excluding carboxylic acids is 1. The maximum Gasteiger partial charge on any atom is 0.416 e. The highest BCUT2D eigenvalue weighted by molar-refractivity contribution is 5.82. The van der Waals surface area contributed by atoms with Crippen molar-refractivity contribution < 1.29 is 18.0 Å². The van der Waals surface area contributed by atoms with Crippen molar-refractivity contribution in [1.29, 1.82) is 0 Å². The van der Waals surface area contributed by atoms with Crippen LogP contribution in [0.4, 0.5) is 18.9 Å². The number of alkyl halides is 3. The largest absolute Gasteiger partial charge is 0.416 e. The topological polar surface area (TPSA) is 35.6 Å². The molecule has 0 bridgehead atoms. The van der Waals surface area contributed by atoms with Crippen LogP contribution in [-0.4, -0.2) is 49.1 Å². The fraction of sp³-hybridized carbons (Fsp3) is 0.708. The number of rotatable bonds is 5. The number of halogens is 3. The van der Waals surface area contributed by atoms with Crippen molar-refractivity contribution in [2.24, 2.45) is 11.8 Å². The van der Waals surface area contributed by atoms with Crippen molar-refractivity contribution in [1.82, 2.24) is 10.2 Å². The number of anilines is 1. The Bertz CT molecular complexity index is 789. The molecule has 7 heteroatoms. The van der Waals surface area contributed by atoms with Gasteiger partial charge in [0, 0.05) is 37.9 Å². The third kappa shape index (κ3) is 4.86. The number of amides is 1. The molecule has 1 aliphatic carbocycles. The molecule has 2 fully saturated rings. The van der Waals surface area contributed by atoms with E-state index in [1.54, 1.807) is 6.07 Å². The van der Waals surface area contributed by atoms with Gasteiger partial charge in [-0.25, -0.2) is 0 Å². The van der Waals surface area contributed by atoms with Gasteiger partial charge in [0.2, 0.25) is 5.91 Å². The first-order valence-electron chi connectivity index (χ1n) is 11.7. The van der Waals surface area contributed by atoms with Gasteiger partial charge in [-0.2, -0.15) is 13.2 Å². The molecule has 0 spiro atoms. The second kappa shape index (κ2) is 9.00. The second-order valence-corrected chi connectivity index (χ2v) is 9.82. The Morgan fingerprint density at radius 2 is 1.94 bits per heavy atom. The highest BCUT2D eigenvalue weighted by Crippen LogP contribution is 2.40. The summed E-state index contributed by atoms with van der Waals surface area (Å²) >= 11 is 0. The molecule has 1 aromatic carbocycles. The number of hydrogen-bond acceptors (Lipinski definition) is 3. The van der Waals surface area contributed by atoms with Crippen LogP contribution in [0.25, 0.3) is 0 Å². The average Bonchev–Trinajstić information content (AvgIpc) is 3.26. The molecule has 31 heavy (non-hydrogen) atoms. The van der Waals surface area contributed by atoms with Crippen LogP contribution in [0.3, 0.4) is 0 Å². The summed E-state index contributed by atoms with van der Waals surface area (Å²) in [4.78, 5) is 17.9. The lowest BCUT2D eigenvalue weighted by atomic mass is 9.82. The van der Waals surface area contributed by atoms with Gasteiger partial charge < -0.3 is 10.2 Å². The van der Waals surface area contributed by atoms with Gasteiger partial charge in [-0.15, -0.1) is 0 Å². The van der Waals surface area contributed by atoms with Crippen LogP contribution in [0, 0.1) is 11.8 Å². The average molecular weight is 438 g/mol. The Kier molecular flexibility index (Phi) is 6.52. The minimum atomic E-state index is -4.37. The van der Waals surface area contributed by atoms with E-state index in [9.17, 15) is 18.0 Å². The first-order valence-corrected chi connectivity index (χ1v) is 11.7. The summed E-state index contributed by atoms with van der Waals surface area (Å²) in [7, 11) is 0. The van der Waals surface area contributed by atoms with E-state index in [2.05, 4.69) is 29.0 Å². The lowest BCUT2D eigenvalue weighted by Gasteiger charge is -2.50. The molecule has 2 heterocycles. The van der Waals surface area contributed by atoms with E-state index >= 15 is 0 Å². The zero-order chi connectivity index (χ0) is 22.2. The van der Waals surface area contributed by atoms with Gasteiger partial charge in [0.1, 0.15) is 0 Å². The van der Waals surface area contributed by atoms with Gasteiger partial charge in [-0.3, -0.25) is 9.69 Å². The van der Waals surface area contributed by atoms with Gasteiger partial charge in [-0.1, -0.05) is 26.7 Å². The molecule has 0 radical (unpaired) electrons. The monoisotopic (exact) mass is 437 g/mol. The molecule has 2 aliphatic heterocycles. The summed E-state index contributed by atoms with van der Waals surface area (Å²) in [6.07, 6.45) is 1.84. The van der Waals surface area contributed by atoms with E-state index < -0.39 is 11.7 Å². The van der Waals surface area contributed by atoms with Crippen molar-refractivity contribution in [3.8, 4) is 0 Å². The van der Waals surface area contributed by atoms with Crippen LogP contribution in [0.5, 0.6) is 0 Å². The Morgan fingerprint density at radius 3 is 2.61 bits per heavy atom. The van der Waals surface area contributed by atoms with Crippen molar-refractivity contribution in [2.75, 3.05) is 31.1 Å². The van der Waals surface area contributed by atoms with E-state index in [0.717, 1.165) is 31.7 Å². The first-order chi connectivity index (χ1) is 14.7. The van der Waals surface area contributed by atoms with E-state index in [-0.39, 0.29) is 17.9 Å². The molecule has 2 atom stereocenters. The molecule has 0 unspecified atom stereocenters. The smallest absolute Gasteiger partial charge is 0.365 e. The zero-order valence-corrected chi connectivity index (χ0v) is 18.5. The summed E-state index contributed by atoms with van der Waals surface area (Å²) in [5.41, 5.74) is 0.882. The molecule has 1 aromatic rings. The summed E-state index contributed by atoms with van der Waals surface area (Å²) in [6.45, 7) is 7.32. The maximum absolute atomic E-state index is 13.3. The number of piperazine rings is 1. The van der Waals surface area contributed by atoms with Crippen LogP contribution >= 0.6 is 0 Å². The van der Waals surface area contributed by atoms with Gasteiger partial charge in [0.25, 0.3) is 0 Å². The number of benzene rings is 1. The Morgan fingerprint density at radius 1 is 1.19 bits per heavy atom. The van der Waals surface area contributed by atoms with Crippen LogP contribution in [0.2, 0.25) is 0 Å². The van der Waals surface area contributed by atoms with E-state index in [0.29, 0.717) is 30.5 Å². The zero-order valence-electron chi connectivity index (χ0n) is 18.5. The highest BCUT2D eigenvalue weighted by Gasteiger charge is 2.43. The first kappa shape index (κ1) is 22.4. The van der Waals surface area contributed by atoms with Gasteiger partial charge in [0.15, 0.2) is 0 Å². The Hall–Kier alpha value is -1.76. The highest BCUT2D eigenvalue weighted by atomic mass is 19.4. The number of fused-ring (bicyclic) bond motifs is 3. The maximum atomic E-state index is 13.3. The molecule has 1 amide bonds. The minimum Gasteiger partial charge on any atom is -0.365 e. The van der Waals surface area contributed by atoms with Crippen LogP contribution in [-0.2, 0) is 17.4 Å². The summed E-state index contributed by atoms with van der Waals surface area (Å²) in [5, 5.41) is 3.07. The fourth-order valence-electron chi connectivity index (χ4n) is 5.54. The molecule has 0 aromatic heterocycles. The van der Waals surface area contributed by atoms with Gasteiger partial charge >= 0.3 is 6.18 Å².